The number of nitrogens with one attached hydrogen (secondary N) is 1. The first-order chi connectivity index (χ1) is 15.1. The van der Waals surface area contributed by atoms with Crippen LogP contribution >= 0.6 is 23.1 Å². The van der Waals surface area contributed by atoms with Crippen molar-refractivity contribution in [2.24, 2.45) is 0 Å². The number of pyridine rings is 1. The average molecular weight is 450 g/mol. The number of carbonyl (C=O) groups is 1. The van der Waals surface area contributed by atoms with Crippen LogP contribution < -0.4 is 20.5 Å². The fraction of sp³-hybridized carbons (Fsp3) is 0.143. The molecule has 0 spiro atoms. The van der Waals surface area contributed by atoms with Crippen molar-refractivity contribution in [3.8, 4) is 34.1 Å². The Bertz CT molecular complexity index is 1230. The van der Waals surface area contributed by atoms with Crippen LogP contribution in [0.4, 0.5) is 11.5 Å². The van der Waals surface area contributed by atoms with Crippen molar-refractivity contribution >= 4 is 40.5 Å². The van der Waals surface area contributed by atoms with Gasteiger partial charge in [0.1, 0.15) is 41.8 Å². The summed E-state index contributed by atoms with van der Waals surface area (Å²) >= 11 is 2.48. The molecule has 3 N–H and O–H groups in total. The zero-order chi connectivity index (χ0) is 21.8. The molecule has 1 aliphatic heterocycles. The summed E-state index contributed by atoms with van der Waals surface area (Å²) in [6.45, 7) is 0.945. The van der Waals surface area contributed by atoms with Gasteiger partial charge < -0.3 is 20.5 Å². The number of amides is 1. The molecule has 0 atom stereocenters. The van der Waals surface area contributed by atoms with E-state index in [1.54, 1.807) is 18.2 Å². The lowest BCUT2D eigenvalue weighted by atomic mass is 10.0. The number of fused-ring (bicyclic) bond motifs is 1. The third-order valence-corrected chi connectivity index (χ3v) is 6.21. The van der Waals surface area contributed by atoms with E-state index in [1.165, 1.54) is 11.3 Å². The Balaban J connectivity index is 1.54. The fourth-order valence-electron chi connectivity index (χ4n) is 3.02. The lowest BCUT2D eigenvalue weighted by molar-refractivity contribution is -0.113. The molecule has 0 fully saturated rings. The number of rotatable bonds is 5. The van der Waals surface area contributed by atoms with Crippen molar-refractivity contribution < 1.29 is 14.3 Å². The maximum absolute atomic E-state index is 12.5. The number of anilines is 2. The van der Waals surface area contributed by atoms with Gasteiger partial charge in [0, 0.05) is 22.2 Å². The van der Waals surface area contributed by atoms with E-state index in [0.717, 1.165) is 16.6 Å². The molecule has 0 saturated carbocycles. The second kappa shape index (κ2) is 8.96. The standard InChI is InChI=1S/C21H15N5O3S2/c22-9-13-19(17-2-1-7-30-17)14(10-23)21(26-20(13)24)31-11-18(27)25-12-3-4-15-16(8-12)29-6-5-28-15/h1-4,7-8H,5-6,11H2,(H2,24,26)(H,25,27). The number of nitrogens with two attached hydrogens (primary N) is 1. The summed E-state index contributed by atoms with van der Waals surface area (Å²) < 4.78 is 11.0. The van der Waals surface area contributed by atoms with E-state index in [1.807, 2.05) is 23.6 Å². The van der Waals surface area contributed by atoms with E-state index in [2.05, 4.69) is 16.4 Å². The largest absolute Gasteiger partial charge is 0.486 e. The summed E-state index contributed by atoms with van der Waals surface area (Å²) in [4.78, 5) is 17.4. The summed E-state index contributed by atoms with van der Waals surface area (Å²) in [5.74, 6) is 0.958. The molecule has 0 unspecified atom stereocenters. The van der Waals surface area contributed by atoms with Gasteiger partial charge in [-0.1, -0.05) is 17.8 Å². The first-order valence-electron chi connectivity index (χ1n) is 9.10. The summed E-state index contributed by atoms with van der Waals surface area (Å²) in [6, 6.07) is 12.9. The van der Waals surface area contributed by atoms with Gasteiger partial charge in [0.25, 0.3) is 0 Å². The van der Waals surface area contributed by atoms with Crippen LogP contribution in [0.1, 0.15) is 11.1 Å². The van der Waals surface area contributed by atoms with Gasteiger partial charge in [0.15, 0.2) is 11.5 Å². The summed E-state index contributed by atoms with van der Waals surface area (Å²) in [5, 5.41) is 24.2. The highest BCUT2D eigenvalue weighted by Crippen LogP contribution is 2.38. The van der Waals surface area contributed by atoms with Crippen molar-refractivity contribution in [2.45, 2.75) is 5.03 Å². The smallest absolute Gasteiger partial charge is 0.234 e. The normalized spacial score (nSPS) is 11.9. The number of ether oxygens (including phenoxy) is 2. The van der Waals surface area contributed by atoms with Gasteiger partial charge in [-0.05, 0) is 23.6 Å². The van der Waals surface area contributed by atoms with Crippen LogP contribution in [0.3, 0.4) is 0 Å². The van der Waals surface area contributed by atoms with Crippen molar-refractivity contribution in [2.75, 3.05) is 30.0 Å². The number of hydrogen-bond donors (Lipinski definition) is 2. The molecule has 31 heavy (non-hydrogen) atoms. The Morgan fingerprint density at radius 3 is 2.68 bits per heavy atom. The van der Waals surface area contributed by atoms with Gasteiger partial charge >= 0.3 is 0 Å². The van der Waals surface area contributed by atoms with E-state index >= 15 is 0 Å². The van der Waals surface area contributed by atoms with Crippen LogP contribution in [0, 0.1) is 22.7 Å². The molecule has 2 aromatic heterocycles. The first-order valence-corrected chi connectivity index (χ1v) is 11.0. The summed E-state index contributed by atoms with van der Waals surface area (Å²) in [7, 11) is 0. The van der Waals surface area contributed by atoms with Gasteiger partial charge in [-0.25, -0.2) is 4.98 Å². The second-order valence-electron chi connectivity index (χ2n) is 6.32. The topological polar surface area (TPSA) is 134 Å². The number of hydrogen-bond acceptors (Lipinski definition) is 9. The molecule has 3 aromatic rings. The van der Waals surface area contributed by atoms with Crippen molar-refractivity contribution in [3.05, 3.63) is 46.8 Å². The predicted octanol–water partition coefficient (Wildman–Crippen LogP) is 3.64. The summed E-state index contributed by atoms with van der Waals surface area (Å²) in [5.41, 5.74) is 7.38. The number of nitriles is 2. The highest BCUT2D eigenvalue weighted by molar-refractivity contribution is 8.00. The van der Waals surface area contributed by atoms with E-state index in [0.29, 0.717) is 41.0 Å². The Hall–Kier alpha value is -3.73. The molecule has 0 bridgehead atoms. The molecular formula is C21H15N5O3S2. The van der Waals surface area contributed by atoms with Crippen LogP contribution in [0.25, 0.3) is 10.4 Å². The molecule has 0 radical (unpaired) electrons. The van der Waals surface area contributed by atoms with Gasteiger partial charge in [0.05, 0.1) is 11.3 Å². The highest BCUT2D eigenvalue weighted by atomic mass is 32.2. The monoisotopic (exact) mass is 449 g/mol. The molecule has 8 nitrogen and oxygen atoms in total. The fourth-order valence-corrected chi connectivity index (χ4v) is 4.60. The second-order valence-corrected chi connectivity index (χ2v) is 8.24. The number of nitrogen functional groups attached to an aromatic ring is 1. The number of aromatic nitrogens is 1. The van der Waals surface area contributed by atoms with Gasteiger partial charge in [-0.2, -0.15) is 10.5 Å². The van der Waals surface area contributed by atoms with E-state index in [4.69, 9.17) is 15.2 Å². The number of nitrogens with zero attached hydrogens (tertiary/aromatic N) is 3. The molecular weight excluding hydrogens is 434 g/mol. The minimum atomic E-state index is -0.284. The molecule has 1 aliphatic rings. The number of thioether (sulfide) groups is 1. The molecule has 10 heteroatoms. The van der Waals surface area contributed by atoms with Crippen LogP contribution in [-0.2, 0) is 4.79 Å². The first kappa shape index (κ1) is 20.5. The van der Waals surface area contributed by atoms with Gasteiger partial charge in [-0.3, -0.25) is 4.79 Å². The van der Waals surface area contributed by atoms with Crippen LogP contribution in [0.15, 0.2) is 40.7 Å². The van der Waals surface area contributed by atoms with Gasteiger partial charge in [0.2, 0.25) is 5.91 Å². The lowest BCUT2D eigenvalue weighted by Crippen LogP contribution is -2.17. The van der Waals surface area contributed by atoms with E-state index in [9.17, 15) is 15.3 Å². The Morgan fingerprint density at radius 1 is 1.19 bits per heavy atom. The molecule has 154 valence electrons. The quantitative estimate of drug-likeness (QED) is 0.564. The lowest BCUT2D eigenvalue weighted by Gasteiger charge is -2.19. The Morgan fingerprint density at radius 2 is 1.97 bits per heavy atom. The molecule has 1 amide bonds. The molecule has 1 aromatic carbocycles. The maximum atomic E-state index is 12.5. The zero-order valence-corrected chi connectivity index (χ0v) is 17.7. The Labute approximate surface area is 186 Å². The van der Waals surface area contributed by atoms with E-state index in [-0.39, 0.29) is 28.6 Å². The average Bonchev–Trinajstić information content (AvgIpc) is 3.31. The number of thiophene rings is 1. The maximum Gasteiger partial charge on any atom is 0.234 e. The van der Waals surface area contributed by atoms with Crippen molar-refractivity contribution in [3.63, 3.8) is 0 Å². The SMILES string of the molecule is N#Cc1c(N)nc(SCC(=O)Nc2ccc3c(c2)OCCO3)c(C#N)c1-c1cccs1. The number of carbonyl (C=O) groups excluding carboxylic acids is 1. The summed E-state index contributed by atoms with van der Waals surface area (Å²) in [6.07, 6.45) is 0. The molecule has 0 saturated heterocycles. The van der Waals surface area contributed by atoms with Crippen molar-refractivity contribution in [1.29, 1.82) is 10.5 Å². The Kier molecular flexibility index (Phi) is 5.94. The van der Waals surface area contributed by atoms with E-state index < -0.39 is 0 Å². The molecule has 3 heterocycles. The third-order valence-electron chi connectivity index (χ3n) is 4.35. The van der Waals surface area contributed by atoms with Gasteiger partial charge in [-0.15, -0.1) is 11.3 Å². The predicted molar refractivity (Wildman–Crippen MR) is 118 cm³/mol. The van der Waals surface area contributed by atoms with Crippen LogP contribution in [0.2, 0.25) is 0 Å². The van der Waals surface area contributed by atoms with Crippen molar-refractivity contribution in [1.82, 2.24) is 4.98 Å². The van der Waals surface area contributed by atoms with Crippen LogP contribution in [0.5, 0.6) is 11.5 Å². The van der Waals surface area contributed by atoms with Crippen LogP contribution in [-0.4, -0.2) is 29.9 Å². The zero-order valence-electron chi connectivity index (χ0n) is 16.0. The number of benzene rings is 1. The third kappa shape index (κ3) is 4.26. The minimum Gasteiger partial charge on any atom is -0.486 e. The molecule has 4 rings (SSSR count). The minimum absolute atomic E-state index is 0.00530. The highest BCUT2D eigenvalue weighted by Gasteiger charge is 2.22. The molecule has 0 aliphatic carbocycles.